The molecular weight excluding hydrogens is 537 g/mol. The van der Waals surface area contributed by atoms with Gasteiger partial charge in [-0.3, -0.25) is 0 Å². The molecule has 1 aromatic heterocycles. The van der Waals surface area contributed by atoms with E-state index in [-0.39, 0.29) is 18.1 Å². The van der Waals surface area contributed by atoms with Crippen molar-refractivity contribution in [3.63, 3.8) is 0 Å². The van der Waals surface area contributed by atoms with Crippen LogP contribution in [0.25, 0.3) is 23.4 Å². The van der Waals surface area contributed by atoms with Gasteiger partial charge in [0.1, 0.15) is 12.4 Å². The van der Waals surface area contributed by atoms with Crippen molar-refractivity contribution >= 4 is 64.5 Å². The molecule has 0 aliphatic rings. The lowest BCUT2D eigenvalue weighted by Gasteiger charge is -2.13. The van der Waals surface area contributed by atoms with Gasteiger partial charge in [0.25, 0.3) is 0 Å². The second-order valence-electron chi connectivity index (χ2n) is 8.36. The smallest absolute Gasteiger partial charge is 0.335 e. The molecule has 1 N–H and O–H groups in total. The second-order valence-corrected chi connectivity index (χ2v) is 10.4. The zero-order valence-corrected chi connectivity index (χ0v) is 22.6. The van der Waals surface area contributed by atoms with E-state index in [4.69, 9.17) is 44.6 Å². The second kappa shape index (κ2) is 11.5. The quantitative estimate of drug-likeness (QED) is 0.219. The monoisotopic (exact) mass is 557 g/mol. The highest BCUT2D eigenvalue weighted by atomic mass is 35.5. The first-order valence-corrected chi connectivity index (χ1v) is 13.0. The van der Waals surface area contributed by atoms with Crippen molar-refractivity contribution in [2.75, 3.05) is 0 Å². The molecule has 0 aliphatic carbocycles. The fourth-order valence-corrected chi connectivity index (χ4v) is 5.36. The van der Waals surface area contributed by atoms with Crippen molar-refractivity contribution in [2.45, 2.75) is 26.4 Å². The Morgan fingerprint density at radius 1 is 1.00 bits per heavy atom. The third-order valence-electron chi connectivity index (χ3n) is 5.49. The molecule has 4 nitrogen and oxygen atoms in total. The molecule has 0 atom stereocenters. The molecule has 4 rings (SSSR count). The number of carboxylic acids is 1. The number of halogens is 3. The topological polar surface area (TPSA) is 59.4 Å². The molecule has 0 radical (unpaired) electrons. The van der Waals surface area contributed by atoms with Gasteiger partial charge in [0.05, 0.1) is 26.3 Å². The van der Waals surface area contributed by atoms with Gasteiger partial charge in [-0.05, 0) is 71.0 Å². The number of benzene rings is 3. The Morgan fingerprint density at radius 2 is 1.72 bits per heavy atom. The SMILES string of the molecule is CC(C)c1snc(-c2c(Cl)cccc2Cl)c1COc1ccc(/C=C/c2cccc(C(=O)O)c2)c(Cl)c1. The van der Waals surface area contributed by atoms with Gasteiger partial charge in [-0.15, -0.1) is 0 Å². The number of nitrogens with zero attached hydrogens (tertiary/aromatic N) is 1. The zero-order valence-electron chi connectivity index (χ0n) is 19.5. The van der Waals surface area contributed by atoms with Crippen LogP contribution in [0.2, 0.25) is 15.1 Å². The molecule has 0 amide bonds. The van der Waals surface area contributed by atoms with Crippen molar-refractivity contribution in [2.24, 2.45) is 0 Å². The maximum absolute atomic E-state index is 11.2. The maximum Gasteiger partial charge on any atom is 0.335 e. The number of aromatic nitrogens is 1. The van der Waals surface area contributed by atoms with Crippen molar-refractivity contribution < 1.29 is 14.6 Å². The van der Waals surface area contributed by atoms with E-state index in [1.54, 1.807) is 42.5 Å². The molecule has 0 unspecified atom stereocenters. The highest BCUT2D eigenvalue weighted by Gasteiger charge is 2.22. The predicted octanol–water partition coefficient (Wildman–Crippen LogP) is 9.34. The Balaban J connectivity index is 1.55. The van der Waals surface area contributed by atoms with Gasteiger partial charge in [0.15, 0.2) is 0 Å². The average molecular weight is 559 g/mol. The zero-order chi connectivity index (χ0) is 25.8. The Kier molecular flexibility index (Phi) is 8.37. The van der Waals surface area contributed by atoms with E-state index >= 15 is 0 Å². The van der Waals surface area contributed by atoms with Crippen LogP contribution in [0, 0.1) is 0 Å². The third kappa shape index (κ3) is 5.93. The molecule has 1 heterocycles. The summed E-state index contributed by atoms with van der Waals surface area (Å²) < 4.78 is 10.8. The first-order chi connectivity index (χ1) is 17.2. The van der Waals surface area contributed by atoms with Gasteiger partial charge in [-0.1, -0.05) is 79.0 Å². The van der Waals surface area contributed by atoms with Gasteiger partial charge in [-0.2, -0.15) is 4.37 Å². The molecule has 8 heteroatoms. The fraction of sp³-hybridized carbons (Fsp3) is 0.143. The molecule has 0 spiro atoms. The summed E-state index contributed by atoms with van der Waals surface area (Å²) in [5, 5.41) is 10.8. The predicted molar refractivity (Wildman–Crippen MR) is 150 cm³/mol. The lowest BCUT2D eigenvalue weighted by molar-refractivity contribution is 0.0697. The summed E-state index contributed by atoms with van der Waals surface area (Å²) in [6, 6.07) is 17.6. The number of aromatic carboxylic acids is 1. The van der Waals surface area contributed by atoms with Gasteiger partial charge in [0, 0.05) is 16.0 Å². The van der Waals surface area contributed by atoms with Crippen LogP contribution in [0.3, 0.4) is 0 Å². The largest absolute Gasteiger partial charge is 0.489 e. The first kappa shape index (κ1) is 26.2. The van der Waals surface area contributed by atoms with E-state index in [1.165, 1.54) is 11.5 Å². The molecule has 4 aromatic rings. The molecule has 0 fully saturated rings. The minimum Gasteiger partial charge on any atom is -0.489 e. The molecule has 0 aliphatic heterocycles. The standard InChI is InChI=1S/C28H22Cl3NO3S/c1-16(2)27-21(26(32-36-27)25-22(29)7-4-8-23(25)30)15-35-20-12-11-18(24(31)14-20)10-9-17-5-3-6-19(13-17)28(33)34/h3-14,16H,15H2,1-2H3,(H,33,34)/b10-9+. The van der Waals surface area contributed by atoms with Crippen LogP contribution in [0.15, 0.2) is 60.7 Å². The highest BCUT2D eigenvalue weighted by molar-refractivity contribution is 7.06. The third-order valence-corrected chi connectivity index (χ3v) is 7.63. The number of hydrogen-bond acceptors (Lipinski definition) is 4. The van der Waals surface area contributed by atoms with E-state index in [1.807, 2.05) is 30.4 Å². The van der Waals surface area contributed by atoms with Gasteiger partial charge in [-0.25, -0.2) is 4.79 Å². The number of ether oxygens (including phenoxy) is 1. The lowest BCUT2D eigenvalue weighted by atomic mass is 10.0. The molecule has 184 valence electrons. The molecule has 0 saturated heterocycles. The Morgan fingerprint density at radius 3 is 2.39 bits per heavy atom. The highest BCUT2D eigenvalue weighted by Crippen LogP contribution is 2.40. The van der Waals surface area contributed by atoms with Crippen molar-refractivity contribution in [1.29, 1.82) is 0 Å². The van der Waals surface area contributed by atoms with Crippen LogP contribution < -0.4 is 4.74 Å². The van der Waals surface area contributed by atoms with Crippen LogP contribution in [0.1, 0.15) is 51.7 Å². The summed E-state index contributed by atoms with van der Waals surface area (Å²) in [4.78, 5) is 12.3. The van der Waals surface area contributed by atoms with Crippen LogP contribution in [-0.4, -0.2) is 15.4 Å². The number of rotatable bonds is 8. The molecular formula is C28H22Cl3NO3S. The fourth-order valence-electron chi connectivity index (χ4n) is 3.69. The minimum absolute atomic E-state index is 0.230. The summed E-state index contributed by atoms with van der Waals surface area (Å²) in [6.07, 6.45) is 3.66. The van der Waals surface area contributed by atoms with E-state index < -0.39 is 5.97 Å². The van der Waals surface area contributed by atoms with Crippen LogP contribution >= 0.6 is 46.3 Å². The Hall–Kier alpha value is -2.83. The number of carbonyl (C=O) groups is 1. The van der Waals surface area contributed by atoms with E-state index in [2.05, 4.69) is 18.2 Å². The summed E-state index contributed by atoms with van der Waals surface area (Å²) in [6.45, 7) is 4.51. The Bertz CT molecular complexity index is 1430. The average Bonchev–Trinajstić information content (AvgIpc) is 3.26. The van der Waals surface area contributed by atoms with Crippen molar-refractivity contribution in [3.8, 4) is 17.0 Å². The van der Waals surface area contributed by atoms with Crippen LogP contribution in [0.5, 0.6) is 5.75 Å². The lowest BCUT2D eigenvalue weighted by Crippen LogP contribution is -2.01. The first-order valence-electron chi connectivity index (χ1n) is 11.1. The molecule has 0 bridgehead atoms. The van der Waals surface area contributed by atoms with Gasteiger partial charge < -0.3 is 9.84 Å². The molecule has 0 saturated carbocycles. The number of carboxylic acid groups (broad SMARTS) is 1. The van der Waals surface area contributed by atoms with Crippen LogP contribution in [-0.2, 0) is 6.61 Å². The summed E-state index contributed by atoms with van der Waals surface area (Å²) in [7, 11) is 0. The van der Waals surface area contributed by atoms with E-state index in [0.29, 0.717) is 26.4 Å². The van der Waals surface area contributed by atoms with Gasteiger partial charge in [0.2, 0.25) is 0 Å². The normalized spacial score (nSPS) is 11.4. The summed E-state index contributed by atoms with van der Waals surface area (Å²) in [5.41, 5.74) is 4.16. The van der Waals surface area contributed by atoms with E-state index in [0.717, 1.165) is 27.3 Å². The molecule has 36 heavy (non-hydrogen) atoms. The van der Waals surface area contributed by atoms with E-state index in [9.17, 15) is 4.79 Å². The van der Waals surface area contributed by atoms with Crippen molar-refractivity contribution in [3.05, 3.63) is 103 Å². The molecule has 3 aromatic carbocycles. The van der Waals surface area contributed by atoms with Crippen LogP contribution in [0.4, 0.5) is 0 Å². The minimum atomic E-state index is -0.966. The summed E-state index contributed by atoms with van der Waals surface area (Å²) in [5.74, 6) is -0.0971. The Labute approximate surface area is 228 Å². The van der Waals surface area contributed by atoms with Gasteiger partial charge >= 0.3 is 5.97 Å². The van der Waals surface area contributed by atoms with Crippen molar-refractivity contribution in [1.82, 2.24) is 4.37 Å². The number of hydrogen-bond donors (Lipinski definition) is 1. The maximum atomic E-state index is 11.2. The summed E-state index contributed by atoms with van der Waals surface area (Å²) >= 11 is 20.9.